The molecule has 0 radical (unpaired) electrons. The molecule has 0 aromatic heterocycles. The number of carbonyl (C=O) groups is 4. The maximum atomic E-state index is 12.4. The molecule has 1 aliphatic carbocycles. The number of Topliss-reactive ketones (excluding diaryl/α,β-unsaturated/α-hetero) is 1. The number of nitrogens with two attached hydrogens (primary N) is 1. The van der Waals surface area contributed by atoms with Crippen molar-refractivity contribution in [2.75, 3.05) is 20.6 Å². The van der Waals surface area contributed by atoms with Crippen LogP contribution in [0.25, 0.3) is 0 Å². The lowest BCUT2D eigenvalue weighted by Gasteiger charge is -2.25. The normalized spacial score (nSPS) is 15.5. The molecule has 0 saturated carbocycles. The van der Waals surface area contributed by atoms with Gasteiger partial charge >= 0.3 is 0 Å². The molecule has 0 saturated heterocycles. The number of nitrogens with one attached hydrogen (secondary N) is 2. The van der Waals surface area contributed by atoms with E-state index in [-0.39, 0.29) is 5.91 Å². The van der Waals surface area contributed by atoms with Crippen LogP contribution in [0.15, 0.2) is 23.8 Å². The van der Waals surface area contributed by atoms with Crippen LogP contribution in [-0.4, -0.2) is 61.1 Å². The van der Waals surface area contributed by atoms with E-state index < -0.39 is 36.2 Å². The molecule has 4 N–H and O–H groups in total. The van der Waals surface area contributed by atoms with E-state index in [1.807, 2.05) is 25.2 Å². The molecule has 26 heavy (non-hydrogen) atoms. The van der Waals surface area contributed by atoms with Crippen molar-refractivity contribution in [1.29, 1.82) is 0 Å². The molecule has 8 nitrogen and oxygen atoms in total. The smallest absolute Gasteiger partial charge is 0.289 e. The fraction of sp³-hybridized carbons (Fsp3) is 0.556. The SMILES string of the molecule is CCCC(N)C(=O)C(=O)NCC(=O)NC(C(=O)N(C)C)C1=CC=CCC1. The van der Waals surface area contributed by atoms with Gasteiger partial charge in [0.2, 0.25) is 17.6 Å². The van der Waals surface area contributed by atoms with E-state index in [1.54, 1.807) is 14.1 Å². The summed E-state index contributed by atoms with van der Waals surface area (Å²) in [5, 5.41) is 4.89. The molecule has 0 bridgehead atoms. The molecule has 2 unspecified atom stereocenters. The van der Waals surface area contributed by atoms with Gasteiger partial charge in [-0.3, -0.25) is 19.2 Å². The zero-order valence-electron chi connectivity index (χ0n) is 15.6. The Morgan fingerprint density at radius 1 is 1.27 bits per heavy atom. The van der Waals surface area contributed by atoms with Crippen LogP contribution in [0.3, 0.4) is 0 Å². The number of carbonyl (C=O) groups excluding carboxylic acids is 4. The quantitative estimate of drug-likeness (QED) is 0.483. The summed E-state index contributed by atoms with van der Waals surface area (Å²) in [6.45, 7) is 1.46. The van der Waals surface area contributed by atoms with Gasteiger partial charge in [-0.2, -0.15) is 0 Å². The van der Waals surface area contributed by atoms with Gasteiger partial charge in [0.05, 0.1) is 12.6 Å². The lowest BCUT2D eigenvalue weighted by Crippen LogP contribution is -2.51. The van der Waals surface area contributed by atoms with Gasteiger partial charge < -0.3 is 21.3 Å². The van der Waals surface area contributed by atoms with Gasteiger partial charge in [0, 0.05) is 14.1 Å². The second-order valence-corrected chi connectivity index (χ2v) is 6.38. The largest absolute Gasteiger partial charge is 0.347 e. The molecule has 144 valence electrons. The molecule has 0 fully saturated rings. The van der Waals surface area contributed by atoms with E-state index in [1.165, 1.54) is 4.90 Å². The summed E-state index contributed by atoms with van der Waals surface area (Å²) in [5.74, 6) is -2.45. The highest BCUT2D eigenvalue weighted by Crippen LogP contribution is 2.17. The van der Waals surface area contributed by atoms with Crippen LogP contribution in [-0.2, 0) is 19.2 Å². The molecule has 0 spiro atoms. The first-order valence-corrected chi connectivity index (χ1v) is 8.71. The van der Waals surface area contributed by atoms with Crippen molar-refractivity contribution in [3.63, 3.8) is 0 Å². The Morgan fingerprint density at radius 2 is 1.96 bits per heavy atom. The van der Waals surface area contributed by atoms with Crippen molar-refractivity contribution in [1.82, 2.24) is 15.5 Å². The highest BCUT2D eigenvalue weighted by atomic mass is 16.2. The number of hydrogen-bond donors (Lipinski definition) is 3. The topological polar surface area (TPSA) is 122 Å². The van der Waals surface area contributed by atoms with Crippen molar-refractivity contribution < 1.29 is 19.2 Å². The Balaban J connectivity index is 2.65. The van der Waals surface area contributed by atoms with E-state index >= 15 is 0 Å². The van der Waals surface area contributed by atoms with Crippen LogP contribution in [0.4, 0.5) is 0 Å². The third-order valence-corrected chi connectivity index (χ3v) is 3.98. The zero-order chi connectivity index (χ0) is 19.7. The third-order valence-electron chi connectivity index (χ3n) is 3.98. The Morgan fingerprint density at radius 3 is 2.50 bits per heavy atom. The van der Waals surface area contributed by atoms with Crippen LogP contribution in [0.2, 0.25) is 0 Å². The molecule has 3 amide bonds. The van der Waals surface area contributed by atoms with Crippen molar-refractivity contribution in [2.45, 2.75) is 44.7 Å². The highest BCUT2D eigenvalue weighted by molar-refractivity contribution is 6.38. The maximum absolute atomic E-state index is 12.4. The predicted molar refractivity (Wildman–Crippen MR) is 98.0 cm³/mol. The van der Waals surface area contributed by atoms with E-state index in [4.69, 9.17) is 5.73 Å². The molecule has 1 aliphatic rings. The monoisotopic (exact) mass is 364 g/mol. The summed E-state index contributed by atoms with van der Waals surface area (Å²) in [6.07, 6.45) is 8.17. The van der Waals surface area contributed by atoms with Crippen LogP contribution in [0.5, 0.6) is 0 Å². The van der Waals surface area contributed by atoms with E-state index in [0.29, 0.717) is 19.3 Å². The van der Waals surface area contributed by atoms with Gasteiger partial charge in [0.1, 0.15) is 6.04 Å². The molecule has 0 heterocycles. The summed E-state index contributed by atoms with van der Waals surface area (Å²) in [4.78, 5) is 49.5. The lowest BCUT2D eigenvalue weighted by molar-refractivity contribution is -0.139. The number of hydrogen-bond acceptors (Lipinski definition) is 5. The summed E-state index contributed by atoms with van der Waals surface area (Å²) in [5.41, 5.74) is 6.41. The first-order chi connectivity index (χ1) is 12.3. The molecule has 0 aromatic rings. The van der Waals surface area contributed by atoms with Crippen LogP contribution < -0.4 is 16.4 Å². The molecule has 0 aromatic carbocycles. The van der Waals surface area contributed by atoms with Gasteiger partial charge in [-0.1, -0.05) is 31.6 Å². The second kappa shape index (κ2) is 10.5. The summed E-state index contributed by atoms with van der Waals surface area (Å²) < 4.78 is 0. The van der Waals surface area contributed by atoms with Crippen molar-refractivity contribution in [2.24, 2.45) is 5.73 Å². The summed E-state index contributed by atoms with van der Waals surface area (Å²) >= 11 is 0. The van der Waals surface area contributed by atoms with Crippen LogP contribution >= 0.6 is 0 Å². The number of nitrogens with zero attached hydrogens (tertiary/aromatic N) is 1. The lowest BCUT2D eigenvalue weighted by atomic mass is 9.97. The summed E-state index contributed by atoms with van der Waals surface area (Å²) in [7, 11) is 3.21. The third kappa shape index (κ3) is 6.44. The molecule has 0 aliphatic heterocycles. The first-order valence-electron chi connectivity index (χ1n) is 8.71. The average molecular weight is 364 g/mol. The standard InChI is InChI=1S/C18H28N4O4/c1-4-8-13(19)16(24)17(25)20-11-14(23)21-15(18(26)22(2)3)12-9-6-5-7-10-12/h5-6,9,13,15H,4,7-8,10-11,19H2,1-3H3,(H,20,25)(H,21,23). The number of rotatable bonds is 9. The fourth-order valence-electron chi connectivity index (χ4n) is 2.50. The Kier molecular flexibility index (Phi) is 8.71. The fourth-order valence-corrected chi connectivity index (χ4v) is 2.50. The minimum Gasteiger partial charge on any atom is -0.347 e. The van der Waals surface area contributed by atoms with Gasteiger partial charge in [-0.15, -0.1) is 0 Å². The average Bonchev–Trinajstić information content (AvgIpc) is 2.63. The second-order valence-electron chi connectivity index (χ2n) is 6.38. The van der Waals surface area contributed by atoms with E-state index in [9.17, 15) is 19.2 Å². The minimum absolute atomic E-state index is 0.257. The first kappa shape index (κ1) is 21.6. The molecular formula is C18H28N4O4. The van der Waals surface area contributed by atoms with Crippen LogP contribution in [0, 0.1) is 0 Å². The number of amides is 3. The van der Waals surface area contributed by atoms with Crippen molar-refractivity contribution >= 4 is 23.5 Å². The van der Waals surface area contributed by atoms with Gasteiger partial charge in [-0.05, 0) is 24.8 Å². The highest BCUT2D eigenvalue weighted by Gasteiger charge is 2.27. The number of ketones is 1. The van der Waals surface area contributed by atoms with E-state index in [0.717, 1.165) is 12.0 Å². The molecule has 1 rings (SSSR count). The Bertz CT molecular complexity index is 610. The molecule has 2 atom stereocenters. The van der Waals surface area contributed by atoms with E-state index in [2.05, 4.69) is 10.6 Å². The Hall–Kier alpha value is -2.48. The van der Waals surface area contributed by atoms with Crippen LogP contribution in [0.1, 0.15) is 32.6 Å². The summed E-state index contributed by atoms with van der Waals surface area (Å²) in [6, 6.07) is -1.66. The van der Waals surface area contributed by atoms with Crippen molar-refractivity contribution in [3.05, 3.63) is 23.8 Å². The minimum atomic E-state index is -0.892. The predicted octanol–water partition coefficient (Wildman–Crippen LogP) is -0.351. The Labute approximate surface area is 153 Å². The maximum Gasteiger partial charge on any atom is 0.289 e. The molecule has 8 heteroatoms. The van der Waals surface area contributed by atoms with Gasteiger partial charge in [-0.25, -0.2) is 0 Å². The van der Waals surface area contributed by atoms with Crippen molar-refractivity contribution in [3.8, 4) is 0 Å². The van der Waals surface area contributed by atoms with Gasteiger partial charge in [0.15, 0.2) is 0 Å². The zero-order valence-corrected chi connectivity index (χ0v) is 15.6. The van der Waals surface area contributed by atoms with Gasteiger partial charge in [0.25, 0.3) is 5.91 Å². The number of likely N-dealkylation sites (N-methyl/N-ethyl adjacent to an activating group) is 1. The number of allylic oxidation sites excluding steroid dienone is 3. The molecular weight excluding hydrogens is 336 g/mol.